The lowest BCUT2D eigenvalue weighted by Gasteiger charge is -2.09. The molecule has 0 fully saturated rings. The molecule has 0 atom stereocenters. The van der Waals surface area contributed by atoms with Crippen LogP contribution >= 0.6 is 57.1 Å². The van der Waals surface area contributed by atoms with Crippen molar-refractivity contribution in [3.05, 3.63) is 43.5 Å². The van der Waals surface area contributed by atoms with E-state index in [-0.39, 0.29) is 5.28 Å². The Kier molecular flexibility index (Phi) is 3.79. The number of aromatic nitrogens is 2. The maximum Gasteiger partial charge on any atom is 0.225 e. The molecule has 1 N–H and O–H groups in total. The Morgan fingerprint density at radius 1 is 1.16 bits per heavy atom. The van der Waals surface area contributed by atoms with Crippen molar-refractivity contribution < 1.29 is 0 Å². The number of halogens is 3. The minimum atomic E-state index is 0.221. The molecule has 0 bridgehead atoms. The quantitative estimate of drug-likeness (QED) is 0.447. The standard InChI is InChI=1S/C12H6Cl2IN3S/c13-8-5-6(15)1-2-9(8)16-10-7-3-4-19-11(7)18-12(14)17-10/h1-5H,(H,16,17,18). The van der Waals surface area contributed by atoms with E-state index in [1.54, 1.807) is 0 Å². The summed E-state index contributed by atoms with van der Waals surface area (Å²) in [6.45, 7) is 0. The van der Waals surface area contributed by atoms with Crippen LogP contribution in [0.5, 0.6) is 0 Å². The van der Waals surface area contributed by atoms with Gasteiger partial charge in [0.1, 0.15) is 10.6 Å². The van der Waals surface area contributed by atoms with Gasteiger partial charge in [-0.3, -0.25) is 0 Å². The Hall–Kier alpha value is -0.630. The van der Waals surface area contributed by atoms with Crippen LogP contribution in [0.4, 0.5) is 11.5 Å². The molecule has 0 saturated heterocycles. The van der Waals surface area contributed by atoms with E-state index in [4.69, 9.17) is 23.2 Å². The first-order chi connectivity index (χ1) is 9.13. The van der Waals surface area contributed by atoms with Crippen molar-refractivity contribution in [3.8, 4) is 0 Å². The Morgan fingerprint density at radius 2 is 2.00 bits per heavy atom. The summed E-state index contributed by atoms with van der Waals surface area (Å²) >= 11 is 15.9. The maximum absolute atomic E-state index is 6.20. The molecule has 3 nitrogen and oxygen atoms in total. The van der Waals surface area contributed by atoms with Gasteiger partial charge < -0.3 is 5.32 Å². The van der Waals surface area contributed by atoms with Crippen LogP contribution in [-0.4, -0.2) is 9.97 Å². The highest BCUT2D eigenvalue weighted by atomic mass is 127. The Balaban J connectivity index is 2.07. The summed E-state index contributed by atoms with van der Waals surface area (Å²) in [5, 5.41) is 6.96. The molecule has 7 heteroatoms. The van der Waals surface area contributed by atoms with Gasteiger partial charge in [-0.05, 0) is 63.8 Å². The highest BCUT2D eigenvalue weighted by molar-refractivity contribution is 14.1. The molecule has 19 heavy (non-hydrogen) atoms. The molecule has 3 rings (SSSR count). The van der Waals surface area contributed by atoms with Crippen LogP contribution in [0.15, 0.2) is 29.6 Å². The molecule has 0 aliphatic rings. The third kappa shape index (κ3) is 2.79. The highest BCUT2D eigenvalue weighted by Gasteiger charge is 2.09. The Labute approximate surface area is 137 Å². The highest BCUT2D eigenvalue weighted by Crippen LogP contribution is 2.31. The number of anilines is 2. The normalized spacial score (nSPS) is 10.9. The van der Waals surface area contributed by atoms with E-state index in [1.165, 1.54) is 11.3 Å². The average molecular weight is 422 g/mol. The van der Waals surface area contributed by atoms with Gasteiger partial charge in [-0.25, -0.2) is 4.98 Å². The molecule has 0 radical (unpaired) electrons. The third-order valence-corrected chi connectivity index (χ3v) is 4.44. The molecule has 2 heterocycles. The number of fused-ring (bicyclic) bond motifs is 1. The first-order valence-electron chi connectivity index (χ1n) is 5.26. The fourth-order valence-corrected chi connectivity index (χ4v) is 3.53. The Morgan fingerprint density at radius 3 is 2.79 bits per heavy atom. The number of hydrogen-bond donors (Lipinski definition) is 1. The van der Waals surface area contributed by atoms with Crippen LogP contribution in [0.2, 0.25) is 10.3 Å². The number of hydrogen-bond acceptors (Lipinski definition) is 4. The van der Waals surface area contributed by atoms with Crippen molar-refractivity contribution >= 4 is 78.9 Å². The zero-order chi connectivity index (χ0) is 13.4. The first kappa shape index (κ1) is 13.4. The summed E-state index contributed by atoms with van der Waals surface area (Å²) in [6, 6.07) is 7.73. The van der Waals surface area contributed by atoms with Crippen molar-refractivity contribution in [2.75, 3.05) is 5.32 Å². The molecule has 0 unspecified atom stereocenters. The lowest BCUT2D eigenvalue weighted by molar-refractivity contribution is 1.23. The van der Waals surface area contributed by atoms with Gasteiger partial charge in [-0.15, -0.1) is 11.3 Å². The minimum absolute atomic E-state index is 0.221. The fraction of sp³-hybridized carbons (Fsp3) is 0. The summed E-state index contributed by atoms with van der Waals surface area (Å²) < 4.78 is 1.08. The van der Waals surface area contributed by atoms with Gasteiger partial charge in [0.05, 0.1) is 16.1 Å². The van der Waals surface area contributed by atoms with Gasteiger partial charge in [0, 0.05) is 3.57 Å². The lowest BCUT2D eigenvalue weighted by Crippen LogP contribution is -1.96. The largest absolute Gasteiger partial charge is 0.338 e. The molecule has 2 aromatic heterocycles. The Bertz CT molecular complexity index is 760. The summed E-state index contributed by atoms with van der Waals surface area (Å²) in [6.07, 6.45) is 0. The summed E-state index contributed by atoms with van der Waals surface area (Å²) in [7, 11) is 0. The molecule has 1 aromatic carbocycles. The monoisotopic (exact) mass is 421 g/mol. The lowest BCUT2D eigenvalue weighted by atomic mass is 10.3. The van der Waals surface area contributed by atoms with Crippen molar-refractivity contribution in [1.82, 2.24) is 9.97 Å². The van der Waals surface area contributed by atoms with Crippen molar-refractivity contribution in [1.29, 1.82) is 0 Å². The molecule has 0 aliphatic carbocycles. The zero-order valence-corrected chi connectivity index (χ0v) is 13.8. The second-order valence-corrected chi connectivity index (χ2v) is 6.62. The number of rotatable bonds is 2. The van der Waals surface area contributed by atoms with Gasteiger partial charge in [-0.2, -0.15) is 4.98 Å². The first-order valence-corrected chi connectivity index (χ1v) is 7.98. The van der Waals surface area contributed by atoms with E-state index in [1.807, 2.05) is 29.6 Å². The summed E-state index contributed by atoms with van der Waals surface area (Å²) in [5.41, 5.74) is 0.796. The molecule has 0 amide bonds. The number of benzene rings is 1. The SMILES string of the molecule is Clc1nc(Nc2ccc(I)cc2Cl)c2ccsc2n1. The number of thiophene rings is 1. The molecule has 0 spiro atoms. The molecular formula is C12H6Cl2IN3S. The van der Waals surface area contributed by atoms with Crippen LogP contribution in [0.25, 0.3) is 10.2 Å². The third-order valence-electron chi connectivity index (χ3n) is 2.48. The average Bonchev–Trinajstić information content (AvgIpc) is 2.80. The minimum Gasteiger partial charge on any atom is -0.338 e. The number of nitrogens with zero attached hydrogens (tertiary/aromatic N) is 2. The molecular weight excluding hydrogens is 416 g/mol. The van der Waals surface area contributed by atoms with Gasteiger partial charge in [0.15, 0.2) is 0 Å². The van der Waals surface area contributed by atoms with Crippen molar-refractivity contribution in [2.45, 2.75) is 0 Å². The summed E-state index contributed by atoms with van der Waals surface area (Å²) in [4.78, 5) is 9.25. The van der Waals surface area contributed by atoms with E-state index in [2.05, 4.69) is 37.9 Å². The van der Waals surface area contributed by atoms with Crippen LogP contribution in [0.3, 0.4) is 0 Å². The second-order valence-electron chi connectivity index (χ2n) is 3.73. The van der Waals surface area contributed by atoms with Crippen molar-refractivity contribution in [2.24, 2.45) is 0 Å². The second kappa shape index (κ2) is 5.40. The van der Waals surface area contributed by atoms with E-state index in [0.29, 0.717) is 10.8 Å². The molecule has 0 aliphatic heterocycles. The van der Waals surface area contributed by atoms with E-state index < -0.39 is 0 Å². The molecule has 96 valence electrons. The van der Waals surface area contributed by atoms with Crippen LogP contribution in [0.1, 0.15) is 0 Å². The van der Waals surface area contributed by atoms with Crippen LogP contribution < -0.4 is 5.32 Å². The van der Waals surface area contributed by atoms with Crippen molar-refractivity contribution in [3.63, 3.8) is 0 Å². The van der Waals surface area contributed by atoms with Gasteiger partial charge >= 0.3 is 0 Å². The molecule has 0 saturated carbocycles. The predicted octanol–water partition coefficient (Wildman–Crippen LogP) is 5.35. The fourth-order valence-electron chi connectivity index (χ4n) is 1.64. The molecule has 3 aromatic rings. The van der Waals surface area contributed by atoms with E-state index in [0.717, 1.165) is 19.5 Å². The smallest absolute Gasteiger partial charge is 0.225 e. The predicted molar refractivity (Wildman–Crippen MR) is 89.9 cm³/mol. The van der Waals surface area contributed by atoms with Gasteiger partial charge in [0.2, 0.25) is 5.28 Å². The number of nitrogens with one attached hydrogen (secondary N) is 1. The van der Waals surface area contributed by atoms with E-state index in [9.17, 15) is 0 Å². The van der Waals surface area contributed by atoms with Crippen LogP contribution in [0, 0.1) is 3.57 Å². The van der Waals surface area contributed by atoms with Crippen LogP contribution in [-0.2, 0) is 0 Å². The van der Waals surface area contributed by atoms with Gasteiger partial charge in [-0.1, -0.05) is 11.6 Å². The topological polar surface area (TPSA) is 37.8 Å². The maximum atomic E-state index is 6.20. The zero-order valence-electron chi connectivity index (χ0n) is 9.32. The summed E-state index contributed by atoms with van der Waals surface area (Å²) in [5.74, 6) is 0.666. The van der Waals surface area contributed by atoms with E-state index >= 15 is 0 Å². The van der Waals surface area contributed by atoms with Gasteiger partial charge in [0.25, 0.3) is 0 Å².